The fourth-order valence-corrected chi connectivity index (χ4v) is 0.994. The Hall–Kier alpha value is -2.37. The van der Waals surface area contributed by atoms with E-state index in [9.17, 15) is 9.59 Å². The average Bonchev–Trinajstić information content (AvgIpc) is 2.38. The number of rotatable bonds is 1. The molecule has 0 aliphatic rings. The van der Waals surface area contributed by atoms with Crippen molar-refractivity contribution < 1.29 is 19.1 Å². The predicted octanol–water partition coefficient (Wildman–Crippen LogP) is 1.36. The summed E-state index contributed by atoms with van der Waals surface area (Å²) in [6.07, 6.45) is -1.54. The molecule has 1 rings (SSSR count). The minimum absolute atomic E-state index is 0.0534. The number of nitrogens with zero attached hydrogens (tertiary/aromatic N) is 1. The molecule has 6 nitrogen and oxygen atoms in total. The molecule has 0 aliphatic heterocycles. The summed E-state index contributed by atoms with van der Waals surface area (Å²) in [5, 5.41) is 2.32. The number of methoxy groups -OCH3 is 2. The average molecular weight is 235 g/mol. The Morgan fingerprint density at radius 2 is 1.88 bits per heavy atom. The summed E-state index contributed by atoms with van der Waals surface area (Å²) in [6.45, 7) is 0. The molecule has 0 fully saturated rings. The van der Waals surface area contributed by atoms with Gasteiger partial charge in [0.05, 0.1) is 14.2 Å². The van der Waals surface area contributed by atoms with Gasteiger partial charge < -0.3 is 9.47 Å². The second kappa shape index (κ2) is 6.26. The molecule has 89 valence electrons. The number of ether oxygens (including phenoxy) is 2. The van der Waals surface area contributed by atoms with Crippen LogP contribution in [-0.2, 0) is 9.47 Å². The molecule has 0 saturated carbocycles. The van der Waals surface area contributed by atoms with Crippen LogP contribution in [0.4, 0.5) is 9.59 Å². The van der Waals surface area contributed by atoms with Crippen molar-refractivity contribution in [2.75, 3.05) is 14.2 Å². The van der Waals surface area contributed by atoms with Gasteiger partial charge in [-0.15, -0.1) is 0 Å². The Balaban J connectivity index is 2.99. The van der Waals surface area contributed by atoms with Crippen molar-refractivity contribution in [2.24, 2.45) is 4.99 Å². The van der Waals surface area contributed by atoms with E-state index in [1.54, 1.807) is 24.3 Å². The number of hydrogen-bond donors (Lipinski definition) is 1. The quantitative estimate of drug-likeness (QED) is 0.588. The van der Waals surface area contributed by atoms with Crippen LogP contribution in [0.3, 0.4) is 0 Å². The summed E-state index contributed by atoms with van der Waals surface area (Å²) in [5.74, 6) is 0.0534. The molecule has 0 spiro atoms. The van der Waals surface area contributed by atoms with E-state index in [4.69, 9.17) is 0 Å². The van der Waals surface area contributed by atoms with Crippen LogP contribution in [0.25, 0.3) is 0 Å². The zero-order chi connectivity index (χ0) is 12.7. The molecule has 0 aromatic heterocycles. The Morgan fingerprint density at radius 3 is 2.41 bits per heavy atom. The Bertz CT molecular complexity index is 428. The number of amidine groups is 1. The smallest absolute Gasteiger partial charge is 0.435 e. The van der Waals surface area contributed by atoms with E-state index in [0.29, 0.717) is 5.56 Å². The van der Waals surface area contributed by atoms with E-state index < -0.39 is 12.2 Å². The highest BCUT2D eigenvalue weighted by Crippen LogP contribution is 2.00. The fourth-order valence-electron chi connectivity index (χ4n) is 0.994. The van der Waals surface area contributed by atoms with Gasteiger partial charge in [0.15, 0.2) is 0 Å². The van der Waals surface area contributed by atoms with Crippen molar-refractivity contribution in [2.45, 2.75) is 0 Å². The zero-order valence-electron chi connectivity index (χ0n) is 9.39. The fraction of sp³-hybridized carbons (Fsp3) is 0.182. The Labute approximate surface area is 98.3 Å². The SMILES string of the molecule is COC(=O)/N=C(/NC(=O)OC)c1cc[c]cc1. The second-order valence-electron chi connectivity index (χ2n) is 2.84. The van der Waals surface area contributed by atoms with E-state index in [0.717, 1.165) is 0 Å². The highest BCUT2D eigenvalue weighted by molar-refractivity contribution is 6.09. The van der Waals surface area contributed by atoms with Gasteiger partial charge in [0.1, 0.15) is 5.84 Å². The summed E-state index contributed by atoms with van der Waals surface area (Å²) >= 11 is 0. The molecule has 0 aliphatic carbocycles. The minimum Gasteiger partial charge on any atom is -0.453 e. The molecular weight excluding hydrogens is 224 g/mol. The molecular formula is C11H11N2O4. The molecule has 1 aromatic rings. The molecule has 0 unspecified atom stereocenters. The lowest BCUT2D eigenvalue weighted by molar-refractivity contribution is 0.176. The Kier molecular flexibility index (Phi) is 4.68. The third-order valence-electron chi connectivity index (χ3n) is 1.78. The zero-order valence-corrected chi connectivity index (χ0v) is 9.39. The van der Waals surface area contributed by atoms with Crippen LogP contribution in [0.1, 0.15) is 5.56 Å². The van der Waals surface area contributed by atoms with Gasteiger partial charge in [-0.1, -0.05) is 24.3 Å². The molecule has 0 heterocycles. The molecule has 6 heteroatoms. The lowest BCUT2D eigenvalue weighted by Crippen LogP contribution is -2.31. The first-order valence-electron chi connectivity index (χ1n) is 4.65. The Morgan fingerprint density at radius 1 is 1.24 bits per heavy atom. The number of carbonyl (C=O) groups excluding carboxylic acids is 2. The molecule has 0 atom stereocenters. The van der Waals surface area contributed by atoms with Crippen LogP contribution in [0, 0.1) is 6.07 Å². The molecule has 1 radical (unpaired) electrons. The number of benzene rings is 1. The number of carbonyl (C=O) groups is 2. The van der Waals surface area contributed by atoms with Crippen LogP contribution in [0.2, 0.25) is 0 Å². The number of aliphatic imine (C=N–C) groups is 1. The first-order valence-corrected chi connectivity index (χ1v) is 4.65. The summed E-state index contributed by atoms with van der Waals surface area (Å²) in [5.41, 5.74) is 0.541. The molecule has 1 aromatic carbocycles. The summed E-state index contributed by atoms with van der Waals surface area (Å²) < 4.78 is 8.82. The van der Waals surface area contributed by atoms with E-state index in [1.165, 1.54) is 14.2 Å². The van der Waals surface area contributed by atoms with Crippen molar-refractivity contribution in [3.05, 3.63) is 35.9 Å². The number of amides is 2. The molecule has 2 amide bonds. The van der Waals surface area contributed by atoms with Gasteiger partial charge in [-0.25, -0.2) is 9.59 Å². The minimum atomic E-state index is -0.816. The third kappa shape index (κ3) is 3.94. The first-order chi connectivity index (χ1) is 8.17. The molecule has 0 bridgehead atoms. The van der Waals surface area contributed by atoms with E-state index in [2.05, 4.69) is 25.8 Å². The number of alkyl carbamates (subject to hydrolysis) is 1. The van der Waals surface area contributed by atoms with Gasteiger partial charge >= 0.3 is 12.2 Å². The maximum absolute atomic E-state index is 11.1. The number of hydrogen-bond acceptors (Lipinski definition) is 4. The highest BCUT2D eigenvalue weighted by atomic mass is 16.5. The maximum atomic E-state index is 11.1. The van der Waals surface area contributed by atoms with Crippen LogP contribution < -0.4 is 5.32 Å². The van der Waals surface area contributed by atoms with Gasteiger partial charge in [-0.3, -0.25) is 5.32 Å². The summed E-state index contributed by atoms with van der Waals surface area (Å²) in [6, 6.07) is 9.33. The molecule has 0 saturated heterocycles. The van der Waals surface area contributed by atoms with Crippen LogP contribution >= 0.6 is 0 Å². The van der Waals surface area contributed by atoms with Crippen molar-refractivity contribution in [1.29, 1.82) is 0 Å². The van der Waals surface area contributed by atoms with E-state index in [1.807, 2.05) is 0 Å². The molecule has 1 N–H and O–H groups in total. The summed E-state index contributed by atoms with van der Waals surface area (Å²) in [7, 11) is 2.41. The summed E-state index contributed by atoms with van der Waals surface area (Å²) in [4.78, 5) is 25.7. The largest absolute Gasteiger partial charge is 0.453 e. The van der Waals surface area contributed by atoms with Crippen molar-refractivity contribution in [1.82, 2.24) is 5.32 Å². The standard InChI is InChI=1S/C11H11N2O4/c1-16-10(14)12-9(13-11(15)17-2)8-6-4-3-5-7-8/h4-7H,1-2H3,(H,12,13,14,15). The van der Waals surface area contributed by atoms with Gasteiger partial charge in [-0.2, -0.15) is 4.99 Å². The number of nitrogens with one attached hydrogen (secondary N) is 1. The predicted molar refractivity (Wildman–Crippen MR) is 59.8 cm³/mol. The van der Waals surface area contributed by atoms with Gasteiger partial charge in [0, 0.05) is 5.56 Å². The lowest BCUT2D eigenvalue weighted by Gasteiger charge is -2.06. The maximum Gasteiger partial charge on any atom is 0.435 e. The van der Waals surface area contributed by atoms with E-state index >= 15 is 0 Å². The van der Waals surface area contributed by atoms with Gasteiger partial charge in [0.2, 0.25) is 0 Å². The normalized spacial score (nSPS) is 10.6. The van der Waals surface area contributed by atoms with Crippen LogP contribution in [0.5, 0.6) is 0 Å². The molecule has 17 heavy (non-hydrogen) atoms. The third-order valence-corrected chi connectivity index (χ3v) is 1.78. The van der Waals surface area contributed by atoms with E-state index in [-0.39, 0.29) is 5.84 Å². The lowest BCUT2D eigenvalue weighted by atomic mass is 10.2. The highest BCUT2D eigenvalue weighted by Gasteiger charge is 2.10. The first kappa shape index (κ1) is 12.7. The second-order valence-corrected chi connectivity index (χ2v) is 2.84. The van der Waals surface area contributed by atoms with Gasteiger partial charge in [-0.05, 0) is 6.07 Å². The van der Waals surface area contributed by atoms with Crippen LogP contribution in [0.15, 0.2) is 29.3 Å². The topological polar surface area (TPSA) is 77.0 Å². The van der Waals surface area contributed by atoms with Crippen molar-refractivity contribution >= 4 is 18.0 Å². The van der Waals surface area contributed by atoms with Crippen LogP contribution in [-0.4, -0.2) is 32.2 Å². The monoisotopic (exact) mass is 235 g/mol. The van der Waals surface area contributed by atoms with Gasteiger partial charge in [0.25, 0.3) is 0 Å². The van der Waals surface area contributed by atoms with Crippen molar-refractivity contribution in [3.8, 4) is 0 Å². The van der Waals surface area contributed by atoms with Crippen molar-refractivity contribution in [3.63, 3.8) is 0 Å².